The first kappa shape index (κ1) is 31.5. The Morgan fingerprint density at radius 2 is 1.98 bits per heavy atom. The minimum atomic E-state index is -4.31. The van der Waals surface area contributed by atoms with Gasteiger partial charge in [0.1, 0.15) is 47.2 Å². The number of nitrogens with two attached hydrogens (primary N) is 2. The minimum absolute atomic E-state index is 0.0102. The summed E-state index contributed by atoms with van der Waals surface area (Å²) in [5.74, 6) is -1.60. The number of rotatable bonds is 11. The molecular formula is C23H33ClN6O9P+. The number of aliphatic hydroxyl groups is 2. The number of hydrogen-bond acceptors (Lipinski definition) is 10. The van der Waals surface area contributed by atoms with Crippen LogP contribution in [-0.4, -0.2) is 74.6 Å². The fraction of sp³-hybridized carbons (Fsp3) is 0.478. The second kappa shape index (κ2) is 12.6. The van der Waals surface area contributed by atoms with Crippen molar-refractivity contribution >= 4 is 37.2 Å². The smallest absolute Gasteiger partial charge is 0.459 e. The molecule has 1 saturated heterocycles. The van der Waals surface area contributed by atoms with E-state index in [2.05, 4.69) is 20.4 Å². The number of nitrogens with one attached hydrogen (secondary N) is 3. The van der Waals surface area contributed by atoms with E-state index in [-0.39, 0.29) is 23.2 Å². The number of hydrogen-bond donors (Lipinski definition) is 7. The van der Waals surface area contributed by atoms with Crippen LogP contribution in [0.25, 0.3) is 0 Å². The van der Waals surface area contributed by atoms with Crippen molar-refractivity contribution in [3.05, 3.63) is 47.0 Å². The maximum Gasteiger partial charge on any atom is 0.459 e. The first-order valence-electron chi connectivity index (χ1n) is 12.1. The highest BCUT2D eigenvalue weighted by Crippen LogP contribution is 2.47. The highest BCUT2D eigenvalue weighted by atomic mass is 35.5. The van der Waals surface area contributed by atoms with Crippen LogP contribution in [0, 0.1) is 0 Å². The van der Waals surface area contributed by atoms with Gasteiger partial charge in [0.2, 0.25) is 0 Å². The van der Waals surface area contributed by atoms with Gasteiger partial charge in [0, 0.05) is 5.02 Å². The van der Waals surface area contributed by atoms with E-state index in [1.165, 1.54) is 44.3 Å². The summed E-state index contributed by atoms with van der Waals surface area (Å²) in [5.41, 5.74) is 3.32. The lowest BCUT2D eigenvalue weighted by atomic mass is 9.92. The Bertz CT molecular complexity index is 1270. The van der Waals surface area contributed by atoms with Crippen molar-refractivity contribution in [2.45, 2.75) is 63.8 Å². The highest BCUT2D eigenvalue weighted by Gasteiger charge is 2.54. The number of aromatic amines is 1. The van der Waals surface area contributed by atoms with Crippen LogP contribution in [0.3, 0.4) is 0 Å². The quantitative estimate of drug-likeness (QED) is 0.0749. The van der Waals surface area contributed by atoms with Crippen LogP contribution in [-0.2, 0) is 23.4 Å². The molecule has 15 nitrogen and oxygen atoms in total. The van der Waals surface area contributed by atoms with Crippen LogP contribution < -0.4 is 26.1 Å². The molecule has 17 heteroatoms. The standard InChI is InChI=1S/C23H32ClN6O9P/c1-11(2)37-21(33)12(3)30-40(35,39-14-7-5-13(24)6-8-14)36-10-16-17(31)23(4,34)18(38-16)19-27-9-15(28-19)20(32)29-22(25)26/h5-9,11-12,16-18,31,34H,10H2,1-4H3,(H,27,28)(H,30,35)(H4,25,26,29,32)/p+1/t12-,16+,17+,18-,23+,40?/m0/s1. The van der Waals surface area contributed by atoms with E-state index in [1.807, 2.05) is 0 Å². The average molecular weight is 604 g/mol. The molecule has 9 N–H and O–H groups in total. The predicted molar refractivity (Wildman–Crippen MR) is 141 cm³/mol. The molecule has 1 aromatic heterocycles. The van der Waals surface area contributed by atoms with Crippen molar-refractivity contribution < 1.29 is 48.3 Å². The van der Waals surface area contributed by atoms with Gasteiger partial charge >= 0.3 is 25.6 Å². The molecule has 3 rings (SSSR count). The molecule has 1 fully saturated rings. The summed E-state index contributed by atoms with van der Waals surface area (Å²) in [5, 5.41) is 32.2. The topological polar surface area (TPSA) is 233 Å². The Balaban J connectivity index is 1.77. The van der Waals surface area contributed by atoms with Gasteiger partial charge in [0.15, 0.2) is 0 Å². The molecule has 0 aliphatic carbocycles. The summed E-state index contributed by atoms with van der Waals surface area (Å²) < 4.78 is 35.8. The monoisotopic (exact) mass is 603 g/mol. The molecule has 220 valence electrons. The van der Waals surface area contributed by atoms with Crippen molar-refractivity contribution in [3.63, 3.8) is 0 Å². The molecule has 1 aliphatic rings. The fourth-order valence-electron chi connectivity index (χ4n) is 3.69. The van der Waals surface area contributed by atoms with Gasteiger partial charge in [-0.15, -0.1) is 0 Å². The molecule has 2 aromatic rings. The number of benzene rings is 1. The van der Waals surface area contributed by atoms with Gasteiger partial charge in [-0.05, 0) is 52.0 Å². The van der Waals surface area contributed by atoms with Gasteiger partial charge in [-0.1, -0.05) is 11.6 Å². The van der Waals surface area contributed by atoms with E-state index in [9.17, 15) is 24.4 Å². The minimum Gasteiger partial charge on any atom is -0.462 e. The highest BCUT2D eigenvalue weighted by molar-refractivity contribution is 7.52. The van der Waals surface area contributed by atoms with Crippen LogP contribution in [0.1, 0.15) is 50.1 Å². The van der Waals surface area contributed by atoms with Crippen LogP contribution in [0.2, 0.25) is 5.02 Å². The van der Waals surface area contributed by atoms with Crippen LogP contribution in [0.5, 0.6) is 5.75 Å². The van der Waals surface area contributed by atoms with E-state index < -0.39 is 62.3 Å². The molecule has 0 saturated carbocycles. The molecule has 1 unspecified atom stereocenters. The lowest BCUT2D eigenvalue weighted by Gasteiger charge is -2.26. The third-order valence-corrected chi connectivity index (χ3v) is 7.54. The molecule has 2 heterocycles. The van der Waals surface area contributed by atoms with Crippen molar-refractivity contribution in [3.8, 4) is 5.75 Å². The van der Waals surface area contributed by atoms with Crippen LogP contribution >= 0.6 is 19.3 Å². The maximum absolute atomic E-state index is 13.7. The van der Waals surface area contributed by atoms with Crippen molar-refractivity contribution in [1.29, 1.82) is 0 Å². The number of amides is 1. The number of H-pyrrole nitrogens is 1. The van der Waals surface area contributed by atoms with Crippen molar-refractivity contribution in [1.82, 2.24) is 20.4 Å². The number of carbonyl (C=O) groups excluding carboxylic acids is 2. The summed E-state index contributed by atoms with van der Waals surface area (Å²) in [6, 6.07) is 4.78. The summed E-state index contributed by atoms with van der Waals surface area (Å²) >= 11 is 5.91. The van der Waals surface area contributed by atoms with E-state index in [0.29, 0.717) is 5.02 Å². The lowest BCUT2D eigenvalue weighted by Crippen LogP contribution is -2.56. The van der Waals surface area contributed by atoms with E-state index in [4.69, 9.17) is 41.3 Å². The van der Waals surface area contributed by atoms with Crippen molar-refractivity contribution in [2.75, 3.05) is 6.61 Å². The zero-order chi connectivity index (χ0) is 29.8. The third-order valence-electron chi connectivity index (χ3n) is 5.64. The Kier molecular flexibility index (Phi) is 9.95. The van der Waals surface area contributed by atoms with Gasteiger partial charge in [-0.25, -0.2) is 19.7 Å². The molecule has 1 aromatic carbocycles. The number of aliphatic hydroxyl groups excluding tert-OH is 1. The Morgan fingerprint density at radius 3 is 2.58 bits per heavy atom. The van der Waals surface area contributed by atoms with Crippen molar-refractivity contribution in [2.24, 2.45) is 5.73 Å². The third kappa shape index (κ3) is 7.79. The van der Waals surface area contributed by atoms with Gasteiger partial charge in [0.25, 0.3) is 0 Å². The van der Waals surface area contributed by atoms with Crippen LogP contribution in [0.4, 0.5) is 0 Å². The molecule has 0 bridgehead atoms. The number of esters is 1. The number of guanidine groups is 1. The number of carbonyl (C=O) groups is 2. The first-order chi connectivity index (χ1) is 18.6. The summed E-state index contributed by atoms with van der Waals surface area (Å²) in [7, 11) is -4.31. The number of ether oxygens (including phenoxy) is 2. The fourth-order valence-corrected chi connectivity index (χ4v) is 5.32. The number of aromatic nitrogens is 2. The van der Waals surface area contributed by atoms with Gasteiger partial charge in [-0.3, -0.25) is 20.5 Å². The number of imidazole rings is 1. The zero-order valence-corrected chi connectivity index (χ0v) is 23.8. The van der Waals surface area contributed by atoms with Gasteiger partial charge in [0.05, 0.1) is 18.9 Å². The van der Waals surface area contributed by atoms with E-state index >= 15 is 0 Å². The molecule has 6 atom stereocenters. The molecule has 40 heavy (non-hydrogen) atoms. The Hall–Kier alpha value is -3.04. The van der Waals surface area contributed by atoms with Gasteiger partial charge in [-0.2, -0.15) is 5.09 Å². The summed E-state index contributed by atoms with van der Waals surface area (Å²) in [4.78, 5) is 31.2. The largest absolute Gasteiger partial charge is 0.462 e. The molecule has 1 aliphatic heterocycles. The summed E-state index contributed by atoms with van der Waals surface area (Å²) in [6.45, 7) is 5.47. The number of nitrogens with zero attached hydrogens (tertiary/aromatic N) is 1. The number of halogens is 1. The van der Waals surface area contributed by atoms with Crippen LogP contribution in [0.15, 0.2) is 30.5 Å². The Morgan fingerprint density at radius 1 is 1.32 bits per heavy atom. The summed E-state index contributed by atoms with van der Waals surface area (Å²) in [6.07, 6.45) is -3.30. The normalized spacial score (nSPS) is 24.8. The lowest BCUT2D eigenvalue weighted by molar-refractivity contribution is -0.149. The second-order valence-electron chi connectivity index (χ2n) is 9.49. The molecule has 1 amide bonds. The van der Waals surface area contributed by atoms with Gasteiger partial charge < -0.3 is 29.2 Å². The Labute approximate surface area is 234 Å². The predicted octanol–water partition coefficient (Wildman–Crippen LogP) is -0.448. The van der Waals surface area contributed by atoms with E-state index in [0.717, 1.165) is 0 Å². The SMILES string of the molecule is CC(C)OC(=O)[C@H](C)NP(=O)(OC[C@H]1O[C@@H](c2ncc(C(=O)NC(N)=[NH2+])[nH]2)[C@](C)(O)[C@@H]1O)Oc1ccc(Cl)cc1. The first-order valence-corrected chi connectivity index (χ1v) is 14.0. The average Bonchev–Trinajstić information content (AvgIpc) is 3.42. The molecule has 0 spiro atoms. The molecule has 0 radical (unpaired) electrons. The second-order valence-corrected chi connectivity index (χ2v) is 11.6. The maximum atomic E-state index is 13.7. The van der Waals surface area contributed by atoms with E-state index in [1.54, 1.807) is 13.8 Å². The molecular weight excluding hydrogens is 571 g/mol. The zero-order valence-electron chi connectivity index (χ0n) is 22.2.